The molecule has 0 fully saturated rings. The van der Waals surface area contributed by atoms with Crippen molar-refractivity contribution in [1.29, 1.82) is 0 Å². The molecule has 1 amide bonds. The van der Waals surface area contributed by atoms with Crippen molar-refractivity contribution in [3.8, 4) is 11.5 Å². The van der Waals surface area contributed by atoms with Gasteiger partial charge in [0.15, 0.2) is 11.5 Å². The van der Waals surface area contributed by atoms with Gasteiger partial charge in [-0.3, -0.25) is 9.52 Å². The lowest BCUT2D eigenvalue weighted by molar-refractivity contribution is -0.131. The Bertz CT molecular complexity index is 1120. The molecular weight excluding hydrogens is 424 g/mol. The maximum atomic E-state index is 13.2. The number of sulfonamides is 1. The number of carbonyl (C=O) groups is 2. The Hall–Kier alpha value is -3.79. The van der Waals surface area contributed by atoms with Crippen LogP contribution in [0.15, 0.2) is 60.0 Å². The van der Waals surface area contributed by atoms with Crippen molar-refractivity contribution in [1.82, 2.24) is 5.32 Å². The normalized spacial score (nSPS) is 11.0. The number of anilines is 1. The molecule has 0 radical (unpaired) electrons. The molecule has 0 saturated carbocycles. The Balaban J connectivity index is 2.55. The predicted octanol–water partition coefficient (Wildman–Crippen LogP) is 2.52. The van der Waals surface area contributed by atoms with E-state index in [2.05, 4.69) is 16.6 Å². The van der Waals surface area contributed by atoms with Crippen LogP contribution in [-0.2, 0) is 14.8 Å². The molecule has 10 heteroatoms. The Morgan fingerprint density at radius 3 is 2.48 bits per heavy atom. The molecule has 0 unspecified atom stereocenters. The van der Waals surface area contributed by atoms with Crippen molar-refractivity contribution < 1.29 is 32.6 Å². The largest absolute Gasteiger partial charge is 0.493 e. The van der Waals surface area contributed by atoms with Gasteiger partial charge in [0.25, 0.3) is 15.9 Å². The van der Waals surface area contributed by atoms with E-state index in [-0.39, 0.29) is 39.8 Å². The first-order valence-corrected chi connectivity index (χ1v) is 10.4. The van der Waals surface area contributed by atoms with Crippen molar-refractivity contribution >= 4 is 33.7 Å². The number of amides is 1. The lowest BCUT2D eigenvalue weighted by Crippen LogP contribution is -2.25. The van der Waals surface area contributed by atoms with Crippen LogP contribution >= 0.6 is 0 Å². The lowest BCUT2D eigenvalue weighted by atomic mass is 10.1. The molecule has 164 valence electrons. The van der Waals surface area contributed by atoms with Crippen molar-refractivity contribution in [3.63, 3.8) is 0 Å². The zero-order valence-corrected chi connectivity index (χ0v) is 17.7. The van der Waals surface area contributed by atoms with E-state index in [1.54, 1.807) is 12.1 Å². The average molecular weight is 446 g/mol. The van der Waals surface area contributed by atoms with E-state index in [4.69, 9.17) is 14.6 Å². The van der Waals surface area contributed by atoms with Crippen LogP contribution in [0, 0.1) is 0 Å². The second-order valence-electron chi connectivity index (χ2n) is 6.08. The highest BCUT2D eigenvalue weighted by molar-refractivity contribution is 7.92. The molecule has 0 heterocycles. The van der Waals surface area contributed by atoms with Gasteiger partial charge < -0.3 is 19.9 Å². The SMILES string of the molecule is C=CCNC(=O)c1ccccc1NS(=O)(=O)c1cc(C=CC(=O)O)cc(OC)c1OC. The molecule has 0 aliphatic rings. The second kappa shape index (κ2) is 10.3. The van der Waals surface area contributed by atoms with Gasteiger partial charge in [-0.2, -0.15) is 0 Å². The molecule has 0 saturated heterocycles. The highest BCUT2D eigenvalue weighted by Crippen LogP contribution is 2.37. The Morgan fingerprint density at radius 2 is 1.87 bits per heavy atom. The van der Waals surface area contributed by atoms with E-state index in [9.17, 15) is 18.0 Å². The summed E-state index contributed by atoms with van der Waals surface area (Å²) in [6.07, 6.45) is 3.59. The minimum absolute atomic E-state index is 0.0524. The topological polar surface area (TPSA) is 131 Å². The first kappa shape index (κ1) is 23.5. The summed E-state index contributed by atoms with van der Waals surface area (Å²) in [5.74, 6) is -1.67. The van der Waals surface area contributed by atoms with Crippen molar-refractivity contribution in [2.24, 2.45) is 0 Å². The summed E-state index contributed by atoms with van der Waals surface area (Å²) in [4.78, 5) is 22.9. The van der Waals surface area contributed by atoms with E-state index >= 15 is 0 Å². The number of carboxylic acids is 1. The number of para-hydroxylation sites is 1. The van der Waals surface area contributed by atoms with E-state index in [1.807, 2.05) is 0 Å². The van der Waals surface area contributed by atoms with Crippen molar-refractivity contribution in [3.05, 3.63) is 66.3 Å². The van der Waals surface area contributed by atoms with Crippen LogP contribution in [0.1, 0.15) is 15.9 Å². The molecular formula is C21H22N2O7S. The molecule has 3 N–H and O–H groups in total. The van der Waals surface area contributed by atoms with Gasteiger partial charge in [-0.1, -0.05) is 18.2 Å². The molecule has 2 aromatic rings. The molecule has 0 aliphatic heterocycles. The van der Waals surface area contributed by atoms with Gasteiger partial charge in [0, 0.05) is 12.6 Å². The number of hydrogen-bond acceptors (Lipinski definition) is 6. The standard InChI is InChI=1S/C21H22N2O7S/c1-4-11-22-21(26)15-7-5-6-8-16(15)23-31(27,28)18-13-14(9-10-19(24)25)12-17(29-2)20(18)30-3/h4-10,12-13,23H,1,11H2,2-3H3,(H,22,26)(H,24,25). The summed E-state index contributed by atoms with van der Waals surface area (Å²) < 4.78 is 39.2. The van der Waals surface area contributed by atoms with Gasteiger partial charge in [-0.15, -0.1) is 6.58 Å². The van der Waals surface area contributed by atoms with Crippen molar-refractivity contribution in [2.75, 3.05) is 25.5 Å². The molecule has 2 rings (SSSR count). The molecule has 9 nitrogen and oxygen atoms in total. The van der Waals surface area contributed by atoms with Gasteiger partial charge in [-0.25, -0.2) is 13.2 Å². The minimum Gasteiger partial charge on any atom is -0.493 e. The third kappa shape index (κ3) is 5.86. The quantitative estimate of drug-likeness (QED) is 0.377. The molecule has 0 spiro atoms. The third-order valence-corrected chi connectivity index (χ3v) is 5.37. The fraction of sp³-hybridized carbons (Fsp3) is 0.143. The van der Waals surface area contributed by atoms with Crippen molar-refractivity contribution in [2.45, 2.75) is 4.90 Å². The van der Waals surface area contributed by atoms with Crippen LogP contribution in [-0.4, -0.2) is 46.2 Å². The fourth-order valence-corrected chi connectivity index (χ4v) is 3.94. The number of rotatable bonds is 10. The second-order valence-corrected chi connectivity index (χ2v) is 7.73. The van der Waals surface area contributed by atoms with Gasteiger partial charge in [0.2, 0.25) is 0 Å². The third-order valence-electron chi connectivity index (χ3n) is 4.00. The minimum atomic E-state index is -4.26. The number of carbonyl (C=O) groups excluding carboxylic acids is 1. The van der Waals surface area contributed by atoms with Gasteiger partial charge in [-0.05, 0) is 35.9 Å². The number of hydrogen-bond donors (Lipinski definition) is 3. The van der Waals surface area contributed by atoms with Gasteiger partial charge >= 0.3 is 5.97 Å². The Morgan fingerprint density at radius 1 is 1.16 bits per heavy atom. The smallest absolute Gasteiger partial charge is 0.328 e. The lowest BCUT2D eigenvalue weighted by Gasteiger charge is -2.17. The maximum absolute atomic E-state index is 13.2. The number of nitrogens with one attached hydrogen (secondary N) is 2. The highest BCUT2D eigenvalue weighted by atomic mass is 32.2. The average Bonchev–Trinajstić information content (AvgIpc) is 2.75. The first-order chi connectivity index (χ1) is 14.7. The highest BCUT2D eigenvalue weighted by Gasteiger charge is 2.25. The molecule has 0 aliphatic carbocycles. The van der Waals surface area contributed by atoms with E-state index in [1.165, 1.54) is 50.6 Å². The zero-order valence-electron chi connectivity index (χ0n) is 16.9. The first-order valence-electron chi connectivity index (χ1n) is 8.91. The molecule has 2 aromatic carbocycles. The van der Waals surface area contributed by atoms with E-state index in [0.717, 1.165) is 6.08 Å². The van der Waals surface area contributed by atoms with Crippen LogP contribution in [0.4, 0.5) is 5.69 Å². The van der Waals surface area contributed by atoms with E-state index in [0.29, 0.717) is 0 Å². The van der Waals surface area contributed by atoms with E-state index < -0.39 is 21.9 Å². The molecule has 0 bridgehead atoms. The summed E-state index contributed by atoms with van der Waals surface area (Å²) in [6.45, 7) is 3.73. The predicted molar refractivity (Wildman–Crippen MR) is 116 cm³/mol. The van der Waals surface area contributed by atoms with Crippen LogP contribution in [0.2, 0.25) is 0 Å². The molecule has 0 aromatic heterocycles. The number of carboxylic acid groups (broad SMARTS) is 1. The Labute approximate surface area is 180 Å². The number of ether oxygens (including phenoxy) is 2. The number of aliphatic carboxylic acids is 1. The van der Waals surface area contributed by atoms with Crippen LogP contribution in [0.5, 0.6) is 11.5 Å². The monoisotopic (exact) mass is 446 g/mol. The summed E-state index contributed by atoms with van der Waals surface area (Å²) >= 11 is 0. The van der Waals surface area contributed by atoms with Gasteiger partial charge in [0.1, 0.15) is 4.90 Å². The van der Waals surface area contributed by atoms with Crippen LogP contribution < -0.4 is 19.5 Å². The van der Waals surface area contributed by atoms with Crippen LogP contribution in [0.3, 0.4) is 0 Å². The zero-order chi connectivity index (χ0) is 23.0. The van der Waals surface area contributed by atoms with Crippen LogP contribution in [0.25, 0.3) is 6.08 Å². The summed E-state index contributed by atoms with van der Waals surface area (Å²) in [7, 11) is -1.66. The fourth-order valence-electron chi connectivity index (χ4n) is 2.64. The van der Waals surface area contributed by atoms with Gasteiger partial charge in [0.05, 0.1) is 25.5 Å². The Kier molecular flexibility index (Phi) is 7.81. The number of methoxy groups -OCH3 is 2. The maximum Gasteiger partial charge on any atom is 0.328 e. The number of benzene rings is 2. The molecule has 0 atom stereocenters. The molecule has 31 heavy (non-hydrogen) atoms. The summed E-state index contributed by atoms with van der Waals surface area (Å²) in [6, 6.07) is 8.77. The summed E-state index contributed by atoms with van der Waals surface area (Å²) in [5, 5.41) is 11.4. The summed E-state index contributed by atoms with van der Waals surface area (Å²) in [5.41, 5.74) is 0.426.